The highest BCUT2D eigenvalue weighted by Crippen LogP contribution is 2.13. The molecule has 3 nitrogen and oxygen atoms in total. The normalized spacial score (nSPS) is 19.5. The molecular formula is C13H26N2OS. The van der Waals surface area contributed by atoms with Gasteiger partial charge in [0.1, 0.15) is 0 Å². The van der Waals surface area contributed by atoms with Crippen LogP contribution in [0.15, 0.2) is 0 Å². The molecule has 0 spiro atoms. The van der Waals surface area contributed by atoms with Gasteiger partial charge in [0.05, 0.1) is 0 Å². The summed E-state index contributed by atoms with van der Waals surface area (Å²) in [5.74, 6) is 2.20. The molecule has 0 aromatic carbocycles. The zero-order chi connectivity index (χ0) is 12.3. The van der Waals surface area contributed by atoms with E-state index in [0.717, 1.165) is 38.4 Å². The Kier molecular flexibility index (Phi) is 8.53. The minimum absolute atomic E-state index is 0.238. The molecule has 0 bridgehead atoms. The minimum atomic E-state index is 0.238. The van der Waals surface area contributed by atoms with E-state index in [4.69, 9.17) is 0 Å². The van der Waals surface area contributed by atoms with Crippen molar-refractivity contribution in [3.63, 3.8) is 0 Å². The van der Waals surface area contributed by atoms with Gasteiger partial charge < -0.3 is 10.6 Å². The Balaban J connectivity index is 1.87. The van der Waals surface area contributed by atoms with Gasteiger partial charge in [-0.05, 0) is 56.7 Å². The van der Waals surface area contributed by atoms with Crippen molar-refractivity contribution in [1.82, 2.24) is 10.6 Å². The molecule has 0 radical (unpaired) electrons. The first-order valence-corrected chi connectivity index (χ1v) is 8.18. The third kappa shape index (κ3) is 7.66. The SMILES string of the molecule is CSCCCCCNC(=O)CCC1CCNC1. The van der Waals surface area contributed by atoms with Gasteiger partial charge >= 0.3 is 0 Å². The quantitative estimate of drug-likeness (QED) is 0.622. The second-order valence-corrected chi connectivity index (χ2v) is 5.79. The summed E-state index contributed by atoms with van der Waals surface area (Å²) in [6, 6.07) is 0. The highest BCUT2D eigenvalue weighted by atomic mass is 32.2. The fourth-order valence-electron chi connectivity index (χ4n) is 2.16. The van der Waals surface area contributed by atoms with Gasteiger partial charge in [-0.3, -0.25) is 4.79 Å². The lowest BCUT2D eigenvalue weighted by Crippen LogP contribution is -2.25. The summed E-state index contributed by atoms with van der Waals surface area (Å²) in [7, 11) is 0. The number of nitrogens with one attached hydrogen (secondary N) is 2. The summed E-state index contributed by atoms with van der Waals surface area (Å²) in [5, 5.41) is 6.35. The van der Waals surface area contributed by atoms with Crippen molar-refractivity contribution in [1.29, 1.82) is 0 Å². The van der Waals surface area contributed by atoms with Crippen molar-refractivity contribution in [2.45, 2.75) is 38.5 Å². The molecule has 1 atom stereocenters. The second kappa shape index (κ2) is 9.77. The van der Waals surface area contributed by atoms with Gasteiger partial charge in [-0.15, -0.1) is 0 Å². The number of amides is 1. The Labute approximate surface area is 109 Å². The minimum Gasteiger partial charge on any atom is -0.356 e. The van der Waals surface area contributed by atoms with Crippen molar-refractivity contribution in [2.24, 2.45) is 5.92 Å². The van der Waals surface area contributed by atoms with Crippen molar-refractivity contribution in [3.8, 4) is 0 Å². The summed E-state index contributed by atoms with van der Waals surface area (Å²) in [6.07, 6.45) is 8.75. The summed E-state index contributed by atoms with van der Waals surface area (Å²) in [6.45, 7) is 3.08. The Hall–Kier alpha value is -0.220. The van der Waals surface area contributed by atoms with Crippen LogP contribution in [-0.4, -0.2) is 37.6 Å². The van der Waals surface area contributed by atoms with Crippen LogP contribution in [0.1, 0.15) is 38.5 Å². The fraction of sp³-hybridized carbons (Fsp3) is 0.923. The molecule has 1 rings (SSSR count). The van der Waals surface area contributed by atoms with Crippen LogP contribution in [0.5, 0.6) is 0 Å². The molecule has 100 valence electrons. The van der Waals surface area contributed by atoms with Crippen molar-refractivity contribution < 1.29 is 4.79 Å². The predicted octanol–water partition coefficient (Wildman–Crippen LogP) is 2.03. The molecule has 1 heterocycles. The molecular weight excluding hydrogens is 232 g/mol. The molecule has 2 N–H and O–H groups in total. The Bertz CT molecular complexity index is 206. The number of carbonyl (C=O) groups excluding carboxylic acids is 1. The highest BCUT2D eigenvalue weighted by molar-refractivity contribution is 7.98. The van der Waals surface area contributed by atoms with Crippen LogP contribution in [0.25, 0.3) is 0 Å². The van der Waals surface area contributed by atoms with E-state index in [-0.39, 0.29) is 5.91 Å². The van der Waals surface area contributed by atoms with Gasteiger partial charge in [-0.2, -0.15) is 11.8 Å². The van der Waals surface area contributed by atoms with Gasteiger partial charge in [0.25, 0.3) is 0 Å². The predicted molar refractivity (Wildman–Crippen MR) is 75.5 cm³/mol. The van der Waals surface area contributed by atoms with Gasteiger partial charge in [0.2, 0.25) is 5.91 Å². The summed E-state index contributed by atoms with van der Waals surface area (Å²) < 4.78 is 0. The van der Waals surface area contributed by atoms with Crippen LogP contribution in [0.4, 0.5) is 0 Å². The topological polar surface area (TPSA) is 41.1 Å². The largest absolute Gasteiger partial charge is 0.356 e. The summed E-state index contributed by atoms with van der Waals surface area (Å²) >= 11 is 1.89. The number of carbonyl (C=O) groups is 1. The summed E-state index contributed by atoms with van der Waals surface area (Å²) in [4.78, 5) is 11.6. The van der Waals surface area contributed by atoms with Gasteiger partial charge in [-0.1, -0.05) is 6.42 Å². The van der Waals surface area contributed by atoms with Crippen LogP contribution < -0.4 is 10.6 Å². The first-order chi connectivity index (χ1) is 8.33. The molecule has 4 heteroatoms. The highest BCUT2D eigenvalue weighted by Gasteiger charge is 2.15. The molecule has 1 aliphatic heterocycles. The van der Waals surface area contributed by atoms with Crippen LogP contribution in [0, 0.1) is 5.92 Å². The lowest BCUT2D eigenvalue weighted by atomic mass is 10.0. The fourth-order valence-corrected chi connectivity index (χ4v) is 2.65. The number of thioether (sulfide) groups is 1. The standard InChI is InChI=1S/C13H26N2OS/c1-17-10-4-2-3-8-15-13(16)6-5-12-7-9-14-11-12/h12,14H,2-11H2,1H3,(H,15,16). The first-order valence-electron chi connectivity index (χ1n) is 6.79. The molecule has 0 aromatic heterocycles. The molecule has 1 fully saturated rings. The van der Waals surface area contributed by atoms with Gasteiger partial charge in [0, 0.05) is 13.0 Å². The van der Waals surface area contributed by atoms with E-state index in [1.54, 1.807) is 0 Å². The van der Waals surface area contributed by atoms with E-state index < -0.39 is 0 Å². The average molecular weight is 258 g/mol. The van der Waals surface area contributed by atoms with Crippen LogP contribution >= 0.6 is 11.8 Å². The number of hydrogen-bond donors (Lipinski definition) is 2. The van der Waals surface area contributed by atoms with E-state index in [9.17, 15) is 4.79 Å². The molecule has 17 heavy (non-hydrogen) atoms. The van der Waals surface area contributed by atoms with E-state index in [1.165, 1.54) is 25.0 Å². The number of rotatable bonds is 9. The van der Waals surface area contributed by atoms with Crippen molar-refractivity contribution in [2.75, 3.05) is 31.6 Å². The maximum absolute atomic E-state index is 11.6. The van der Waals surface area contributed by atoms with Gasteiger partial charge in [-0.25, -0.2) is 0 Å². The van der Waals surface area contributed by atoms with Crippen LogP contribution in [-0.2, 0) is 4.79 Å². The van der Waals surface area contributed by atoms with E-state index in [2.05, 4.69) is 16.9 Å². The zero-order valence-corrected chi connectivity index (χ0v) is 11.8. The molecule has 0 aromatic rings. The molecule has 1 amide bonds. The maximum Gasteiger partial charge on any atom is 0.220 e. The van der Waals surface area contributed by atoms with Crippen LogP contribution in [0.2, 0.25) is 0 Å². The second-order valence-electron chi connectivity index (χ2n) is 4.80. The Morgan fingerprint density at radius 2 is 2.29 bits per heavy atom. The third-order valence-corrected chi connectivity index (χ3v) is 3.99. The maximum atomic E-state index is 11.6. The molecule has 0 aliphatic carbocycles. The average Bonchev–Trinajstić information content (AvgIpc) is 2.84. The van der Waals surface area contributed by atoms with Gasteiger partial charge in [0.15, 0.2) is 0 Å². The lowest BCUT2D eigenvalue weighted by molar-refractivity contribution is -0.121. The number of unbranched alkanes of at least 4 members (excludes halogenated alkanes) is 2. The third-order valence-electron chi connectivity index (χ3n) is 3.29. The molecule has 0 saturated carbocycles. The smallest absolute Gasteiger partial charge is 0.220 e. The monoisotopic (exact) mass is 258 g/mol. The Morgan fingerprint density at radius 3 is 3.00 bits per heavy atom. The Morgan fingerprint density at radius 1 is 1.41 bits per heavy atom. The lowest BCUT2D eigenvalue weighted by Gasteiger charge is -2.08. The molecule has 1 aliphatic rings. The molecule has 1 unspecified atom stereocenters. The van der Waals surface area contributed by atoms with E-state index in [1.807, 2.05) is 11.8 Å². The number of hydrogen-bond acceptors (Lipinski definition) is 3. The van der Waals surface area contributed by atoms with E-state index >= 15 is 0 Å². The summed E-state index contributed by atoms with van der Waals surface area (Å²) in [5.41, 5.74) is 0. The van der Waals surface area contributed by atoms with Crippen molar-refractivity contribution >= 4 is 17.7 Å². The van der Waals surface area contributed by atoms with E-state index in [0.29, 0.717) is 6.42 Å². The first kappa shape index (κ1) is 14.8. The molecule has 1 saturated heterocycles. The van der Waals surface area contributed by atoms with Crippen LogP contribution in [0.3, 0.4) is 0 Å². The van der Waals surface area contributed by atoms with Crippen molar-refractivity contribution in [3.05, 3.63) is 0 Å². The zero-order valence-electron chi connectivity index (χ0n) is 11.0.